The zero-order valence-corrected chi connectivity index (χ0v) is 15.4. The maximum Gasteiger partial charge on any atom is 0.433 e. The van der Waals surface area contributed by atoms with Crippen molar-refractivity contribution < 1.29 is 22.7 Å². The van der Waals surface area contributed by atoms with Gasteiger partial charge in [-0.3, -0.25) is 4.98 Å². The molecule has 4 aromatic rings. The quantitative estimate of drug-likeness (QED) is 0.487. The van der Waals surface area contributed by atoms with E-state index in [9.17, 15) is 18.0 Å². The number of esters is 1. The highest BCUT2D eigenvalue weighted by Crippen LogP contribution is 2.29. The molecule has 0 radical (unpaired) electrons. The Morgan fingerprint density at radius 2 is 1.83 bits per heavy atom. The van der Waals surface area contributed by atoms with Crippen LogP contribution in [0.1, 0.15) is 16.1 Å². The van der Waals surface area contributed by atoms with Crippen molar-refractivity contribution in [2.45, 2.75) is 6.18 Å². The Morgan fingerprint density at radius 1 is 1.03 bits per heavy atom. The molecule has 0 aliphatic carbocycles. The molecule has 0 fully saturated rings. The normalized spacial score (nSPS) is 11.5. The van der Waals surface area contributed by atoms with Crippen LogP contribution in [0.15, 0.2) is 48.9 Å². The van der Waals surface area contributed by atoms with Gasteiger partial charge >= 0.3 is 12.1 Å². The van der Waals surface area contributed by atoms with Crippen molar-refractivity contribution in [3.8, 4) is 11.4 Å². The fourth-order valence-corrected chi connectivity index (χ4v) is 2.65. The summed E-state index contributed by atoms with van der Waals surface area (Å²) in [6, 6.07) is 7.01. The molecular formula is C19H13F3N6O2. The maximum atomic E-state index is 12.7. The van der Waals surface area contributed by atoms with E-state index in [1.807, 2.05) is 0 Å². The van der Waals surface area contributed by atoms with E-state index < -0.39 is 17.8 Å². The Balaban J connectivity index is 1.56. The summed E-state index contributed by atoms with van der Waals surface area (Å²) < 4.78 is 42.6. The second kappa shape index (κ2) is 7.43. The van der Waals surface area contributed by atoms with Crippen LogP contribution in [-0.2, 0) is 10.9 Å². The van der Waals surface area contributed by atoms with Gasteiger partial charge in [0.15, 0.2) is 0 Å². The topological polar surface area (TPSA) is 106 Å². The van der Waals surface area contributed by atoms with E-state index in [0.29, 0.717) is 39.6 Å². The predicted molar refractivity (Wildman–Crippen MR) is 101 cm³/mol. The number of carbonyl (C=O) groups is 1. The highest BCUT2D eigenvalue weighted by atomic mass is 19.4. The van der Waals surface area contributed by atoms with Gasteiger partial charge in [-0.05, 0) is 24.3 Å². The molecule has 4 heterocycles. The molecule has 30 heavy (non-hydrogen) atoms. The van der Waals surface area contributed by atoms with Crippen LogP contribution in [0.25, 0.3) is 22.4 Å². The third-order valence-corrected chi connectivity index (χ3v) is 4.14. The van der Waals surface area contributed by atoms with Gasteiger partial charge in [0.05, 0.1) is 29.9 Å². The monoisotopic (exact) mass is 414 g/mol. The van der Waals surface area contributed by atoms with Crippen molar-refractivity contribution in [3.05, 3.63) is 60.2 Å². The van der Waals surface area contributed by atoms with Crippen LogP contribution in [0.2, 0.25) is 0 Å². The number of fused-ring (bicyclic) bond motifs is 1. The Hall–Kier alpha value is -4.02. The maximum absolute atomic E-state index is 12.7. The van der Waals surface area contributed by atoms with Crippen LogP contribution >= 0.6 is 0 Å². The molecule has 0 atom stereocenters. The number of pyridine rings is 3. The Morgan fingerprint density at radius 3 is 2.47 bits per heavy atom. The number of carbonyl (C=O) groups excluding carboxylic acids is 1. The first-order valence-electron chi connectivity index (χ1n) is 8.54. The van der Waals surface area contributed by atoms with Gasteiger partial charge in [0, 0.05) is 24.0 Å². The van der Waals surface area contributed by atoms with E-state index in [1.165, 1.54) is 25.6 Å². The predicted octanol–water partition coefficient (Wildman–Crippen LogP) is 3.96. The largest absolute Gasteiger partial charge is 0.465 e. The molecule has 152 valence electrons. The number of nitrogens with one attached hydrogen (secondary N) is 2. The number of aromatic amines is 1. The summed E-state index contributed by atoms with van der Waals surface area (Å²) in [6.45, 7) is 0. The van der Waals surface area contributed by atoms with E-state index in [1.54, 1.807) is 18.2 Å². The second-order valence-corrected chi connectivity index (χ2v) is 6.15. The SMILES string of the molecule is COC(=O)c1ccc(Nc2cc3nc(-c4ccc(C(F)(F)F)nc4)[nH]c3cn2)nc1. The average molecular weight is 414 g/mol. The Bertz CT molecular complexity index is 1200. The van der Waals surface area contributed by atoms with Crippen LogP contribution < -0.4 is 5.32 Å². The standard InChI is InChI=1S/C19H13F3N6O2/c1-30-18(29)11-3-5-15(24-8-11)28-16-6-12-13(9-25-16)27-17(26-12)10-2-4-14(23-7-10)19(20,21)22/h2-9H,1H3,(H,26,27)(H,24,25,28). The molecule has 0 amide bonds. The lowest BCUT2D eigenvalue weighted by Crippen LogP contribution is -2.07. The number of hydrogen-bond acceptors (Lipinski definition) is 7. The first-order valence-corrected chi connectivity index (χ1v) is 8.54. The number of aromatic nitrogens is 5. The van der Waals surface area contributed by atoms with Crippen LogP contribution in [0.4, 0.5) is 24.8 Å². The number of ether oxygens (including phenoxy) is 1. The van der Waals surface area contributed by atoms with Crippen molar-refractivity contribution in [2.24, 2.45) is 0 Å². The molecule has 0 bridgehead atoms. The summed E-state index contributed by atoms with van der Waals surface area (Å²) in [5, 5.41) is 2.99. The zero-order chi connectivity index (χ0) is 21.3. The molecule has 0 saturated carbocycles. The molecule has 2 N–H and O–H groups in total. The minimum Gasteiger partial charge on any atom is -0.465 e. The fourth-order valence-electron chi connectivity index (χ4n) is 2.65. The molecule has 8 nitrogen and oxygen atoms in total. The number of rotatable bonds is 4. The van der Waals surface area contributed by atoms with Gasteiger partial charge in [0.1, 0.15) is 23.2 Å². The summed E-state index contributed by atoms with van der Waals surface area (Å²) in [6.07, 6.45) is -0.481. The van der Waals surface area contributed by atoms with Crippen LogP contribution in [0.3, 0.4) is 0 Å². The number of imidazole rings is 1. The minimum absolute atomic E-state index is 0.313. The average Bonchev–Trinajstić information content (AvgIpc) is 3.16. The number of anilines is 2. The number of nitrogens with zero attached hydrogens (tertiary/aromatic N) is 4. The van der Waals surface area contributed by atoms with Crippen LogP contribution in [0, 0.1) is 0 Å². The molecule has 4 rings (SSSR count). The highest BCUT2D eigenvalue weighted by Gasteiger charge is 2.32. The van der Waals surface area contributed by atoms with Gasteiger partial charge in [0.2, 0.25) is 0 Å². The van der Waals surface area contributed by atoms with E-state index in [2.05, 4.69) is 35.0 Å². The third-order valence-electron chi connectivity index (χ3n) is 4.14. The third kappa shape index (κ3) is 3.90. The highest BCUT2D eigenvalue weighted by molar-refractivity contribution is 5.89. The van der Waals surface area contributed by atoms with E-state index >= 15 is 0 Å². The minimum atomic E-state index is -4.50. The Kier molecular flexibility index (Phi) is 4.78. The summed E-state index contributed by atoms with van der Waals surface area (Å²) in [5.41, 5.74) is 0.904. The fraction of sp³-hybridized carbons (Fsp3) is 0.105. The number of halogens is 3. The van der Waals surface area contributed by atoms with Crippen LogP contribution in [-0.4, -0.2) is 38.0 Å². The van der Waals surface area contributed by atoms with Crippen molar-refractivity contribution in [3.63, 3.8) is 0 Å². The molecule has 11 heteroatoms. The van der Waals surface area contributed by atoms with Crippen molar-refractivity contribution in [1.82, 2.24) is 24.9 Å². The number of alkyl halides is 3. The number of hydrogen-bond donors (Lipinski definition) is 2. The van der Waals surface area contributed by atoms with Gasteiger partial charge in [-0.25, -0.2) is 19.7 Å². The molecule has 0 aliphatic heterocycles. The molecule has 4 aromatic heterocycles. The summed E-state index contributed by atoms with van der Waals surface area (Å²) in [5.74, 6) is 0.780. The van der Waals surface area contributed by atoms with Crippen molar-refractivity contribution >= 4 is 28.6 Å². The van der Waals surface area contributed by atoms with E-state index in [0.717, 1.165) is 12.3 Å². The van der Waals surface area contributed by atoms with Gasteiger partial charge < -0.3 is 15.0 Å². The lowest BCUT2D eigenvalue weighted by molar-refractivity contribution is -0.141. The zero-order valence-electron chi connectivity index (χ0n) is 15.4. The number of H-pyrrole nitrogens is 1. The smallest absolute Gasteiger partial charge is 0.433 e. The molecular weight excluding hydrogens is 401 g/mol. The molecule has 0 spiro atoms. The van der Waals surface area contributed by atoms with Gasteiger partial charge in [0.25, 0.3) is 0 Å². The second-order valence-electron chi connectivity index (χ2n) is 6.15. The molecule has 0 aliphatic rings. The van der Waals surface area contributed by atoms with E-state index in [-0.39, 0.29) is 0 Å². The van der Waals surface area contributed by atoms with Crippen LogP contribution in [0.5, 0.6) is 0 Å². The van der Waals surface area contributed by atoms with Gasteiger partial charge in [-0.2, -0.15) is 13.2 Å². The first kappa shape index (κ1) is 19.3. The summed E-state index contributed by atoms with van der Waals surface area (Å²) in [4.78, 5) is 30.7. The van der Waals surface area contributed by atoms with Gasteiger partial charge in [-0.1, -0.05) is 0 Å². The van der Waals surface area contributed by atoms with Crippen molar-refractivity contribution in [2.75, 3.05) is 12.4 Å². The number of methoxy groups -OCH3 is 1. The molecule has 0 saturated heterocycles. The Labute approximate surface area is 167 Å². The van der Waals surface area contributed by atoms with Crippen molar-refractivity contribution in [1.29, 1.82) is 0 Å². The first-order chi connectivity index (χ1) is 14.3. The molecule has 0 unspecified atom stereocenters. The lowest BCUT2D eigenvalue weighted by atomic mass is 10.2. The van der Waals surface area contributed by atoms with Gasteiger partial charge in [-0.15, -0.1) is 0 Å². The summed E-state index contributed by atoms with van der Waals surface area (Å²) >= 11 is 0. The summed E-state index contributed by atoms with van der Waals surface area (Å²) in [7, 11) is 1.28. The lowest BCUT2D eigenvalue weighted by Gasteiger charge is -2.05. The van der Waals surface area contributed by atoms with E-state index in [4.69, 9.17) is 0 Å². The molecule has 0 aromatic carbocycles.